The maximum Gasteiger partial charge on any atom is 0.269 e. The van der Waals surface area contributed by atoms with E-state index in [4.69, 9.17) is 5.73 Å². The highest BCUT2D eigenvalue weighted by molar-refractivity contribution is 7.91. The summed E-state index contributed by atoms with van der Waals surface area (Å²) in [5, 5.41) is 0. The smallest absolute Gasteiger partial charge is 0.269 e. The molecular formula is C8H12N2O3S. The second-order valence-electron chi connectivity index (χ2n) is 2.96. The van der Waals surface area contributed by atoms with E-state index in [9.17, 15) is 13.2 Å². The number of nitrogens with zero attached hydrogens (tertiary/aromatic N) is 1. The largest absolute Gasteiger partial charge is 0.398 e. The van der Waals surface area contributed by atoms with Crippen LogP contribution in [0.3, 0.4) is 0 Å². The van der Waals surface area contributed by atoms with Crippen molar-refractivity contribution in [2.75, 3.05) is 11.5 Å². The normalized spacial score (nSPS) is 11.6. The lowest BCUT2D eigenvalue weighted by atomic mass is 10.4. The average Bonchev–Trinajstić information content (AvgIpc) is 2.11. The molecule has 1 aromatic rings. The summed E-state index contributed by atoms with van der Waals surface area (Å²) < 4.78 is 24.1. The predicted molar refractivity (Wildman–Crippen MR) is 53.8 cm³/mol. The molecule has 0 aliphatic rings. The number of aromatic nitrogens is 1. The van der Waals surface area contributed by atoms with Gasteiger partial charge in [0.05, 0.1) is 5.75 Å². The zero-order valence-electron chi connectivity index (χ0n) is 8.02. The zero-order chi connectivity index (χ0) is 10.9. The molecule has 1 rings (SSSR count). The molecule has 0 radical (unpaired) electrons. The van der Waals surface area contributed by atoms with E-state index in [0.717, 1.165) is 4.57 Å². The maximum atomic E-state index is 11.5. The first-order chi connectivity index (χ1) is 6.38. The summed E-state index contributed by atoms with van der Waals surface area (Å²) in [5.74, 6) is -0.105. The molecule has 14 heavy (non-hydrogen) atoms. The Hall–Kier alpha value is -1.30. The van der Waals surface area contributed by atoms with E-state index in [1.54, 1.807) is 0 Å². The SMILES string of the molecule is CCS(=O)(=O)c1cc(N)cn(C)c1=O. The average molecular weight is 216 g/mol. The zero-order valence-corrected chi connectivity index (χ0v) is 8.84. The lowest BCUT2D eigenvalue weighted by Crippen LogP contribution is -2.24. The maximum absolute atomic E-state index is 11.5. The first kappa shape index (κ1) is 10.8. The summed E-state index contributed by atoms with van der Waals surface area (Å²) in [6.07, 6.45) is 1.39. The molecule has 2 N–H and O–H groups in total. The van der Waals surface area contributed by atoms with E-state index in [1.807, 2.05) is 0 Å². The van der Waals surface area contributed by atoms with Crippen molar-refractivity contribution in [2.24, 2.45) is 7.05 Å². The molecule has 1 aromatic heterocycles. The molecule has 1 heterocycles. The molecule has 0 aromatic carbocycles. The van der Waals surface area contributed by atoms with Crippen LogP contribution in [0.25, 0.3) is 0 Å². The summed E-state index contributed by atoms with van der Waals surface area (Å²) >= 11 is 0. The minimum atomic E-state index is -3.49. The number of pyridine rings is 1. The fourth-order valence-electron chi connectivity index (χ4n) is 1.08. The number of rotatable bonds is 2. The van der Waals surface area contributed by atoms with Crippen LogP contribution in [0.4, 0.5) is 5.69 Å². The standard InChI is InChI=1S/C8H12N2O3S/c1-3-14(12,13)7-4-6(9)5-10(2)8(7)11/h4-5H,3,9H2,1-2H3. The number of hydrogen-bond donors (Lipinski definition) is 1. The summed E-state index contributed by atoms with van der Waals surface area (Å²) in [6.45, 7) is 1.48. The number of aryl methyl sites for hydroxylation is 1. The molecule has 0 amide bonds. The lowest BCUT2D eigenvalue weighted by Gasteiger charge is -2.04. The monoisotopic (exact) mass is 216 g/mol. The number of hydrogen-bond acceptors (Lipinski definition) is 4. The van der Waals surface area contributed by atoms with Gasteiger partial charge in [-0.25, -0.2) is 8.42 Å². The van der Waals surface area contributed by atoms with Crippen molar-refractivity contribution >= 4 is 15.5 Å². The molecule has 0 atom stereocenters. The summed E-state index contributed by atoms with van der Waals surface area (Å²) in [5.41, 5.74) is 5.18. The Kier molecular flexibility index (Phi) is 2.66. The van der Waals surface area contributed by atoms with Crippen LogP contribution in [0.15, 0.2) is 22.0 Å². The molecule has 0 aliphatic heterocycles. The van der Waals surface area contributed by atoms with Gasteiger partial charge in [0.2, 0.25) is 0 Å². The van der Waals surface area contributed by atoms with Crippen LogP contribution in [-0.4, -0.2) is 18.7 Å². The van der Waals surface area contributed by atoms with Crippen molar-refractivity contribution in [3.8, 4) is 0 Å². The van der Waals surface area contributed by atoms with E-state index in [0.29, 0.717) is 0 Å². The van der Waals surface area contributed by atoms with Crippen LogP contribution < -0.4 is 11.3 Å². The quantitative estimate of drug-likeness (QED) is 0.739. The Balaban J connectivity index is 3.59. The topological polar surface area (TPSA) is 82.2 Å². The Morgan fingerprint density at radius 3 is 2.57 bits per heavy atom. The second kappa shape index (κ2) is 3.45. The van der Waals surface area contributed by atoms with Gasteiger partial charge >= 0.3 is 0 Å². The van der Waals surface area contributed by atoms with Gasteiger partial charge in [-0.3, -0.25) is 4.79 Å². The highest BCUT2D eigenvalue weighted by Crippen LogP contribution is 2.09. The van der Waals surface area contributed by atoms with E-state index in [-0.39, 0.29) is 16.3 Å². The molecule has 0 unspecified atom stereocenters. The highest BCUT2D eigenvalue weighted by atomic mass is 32.2. The Bertz CT molecular complexity index is 502. The summed E-state index contributed by atoms with van der Waals surface area (Å²) in [6, 6.07) is 1.20. The molecule has 0 saturated heterocycles. The minimum absolute atomic E-state index is 0.105. The van der Waals surface area contributed by atoms with Gasteiger partial charge in [-0.05, 0) is 6.07 Å². The fourth-order valence-corrected chi connectivity index (χ4v) is 2.12. The molecule has 78 valence electrons. The molecule has 0 aliphatic carbocycles. The number of sulfone groups is 1. The van der Waals surface area contributed by atoms with Gasteiger partial charge < -0.3 is 10.3 Å². The molecule has 0 spiro atoms. The first-order valence-corrected chi connectivity index (χ1v) is 5.72. The second-order valence-corrected chi connectivity index (χ2v) is 5.20. The van der Waals surface area contributed by atoms with Gasteiger partial charge in [0.25, 0.3) is 5.56 Å². The van der Waals surface area contributed by atoms with Gasteiger partial charge in [0.15, 0.2) is 9.84 Å². The molecule has 6 heteroatoms. The van der Waals surface area contributed by atoms with Crippen LogP contribution in [0.5, 0.6) is 0 Å². The van der Waals surface area contributed by atoms with Crippen LogP contribution >= 0.6 is 0 Å². The summed E-state index contributed by atoms with van der Waals surface area (Å²) in [7, 11) is -2.02. The van der Waals surface area contributed by atoms with Crippen molar-refractivity contribution in [1.82, 2.24) is 4.57 Å². The van der Waals surface area contributed by atoms with Gasteiger partial charge in [0, 0.05) is 18.9 Å². The van der Waals surface area contributed by atoms with Gasteiger partial charge in [-0.15, -0.1) is 0 Å². The lowest BCUT2D eigenvalue weighted by molar-refractivity contribution is 0.594. The third-order valence-electron chi connectivity index (χ3n) is 1.89. The van der Waals surface area contributed by atoms with E-state index in [2.05, 4.69) is 0 Å². The first-order valence-electron chi connectivity index (χ1n) is 4.07. The predicted octanol–water partition coefficient (Wildman–Crippen LogP) is -0.239. The Morgan fingerprint density at radius 2 is 2.07 bits per heavy atom. The van der Waals surface area contributed by atoms with Crippen molar-refractivity contribution in [1.29, 1.82) is 0 Å². The summed E-state index contributed by atoms with van der Waals surface area (Å²) in [4.78, 5) is 11.2. The third-order valence-corrected chi connectivity index (χ3v) is 3.61. The van der Waals surface area contributed by atoms with Crippen LogP contribution in [0.2, 0.25) is 0 Å². The van der Waals surface area contributed by atoms with Crippen LogP contribution in [-0.2, 0) is 16.9 Å². The molecule has 0 saturated carbocycles. The minimum Gasteiger partial charge on any atom is -0.398 e. The van der Waals surface area contributed by atoms with Crippen molar-refractivity contribution in [3.05, 3.63) is 22.6 Å². The number of nitrogen functional groups attached to an aromatic ring is 1. The van der Waals surface area contributed by atoms with Crippen LogP contribution in [0.1, 0.15) is 6.92 Å². The molecule has 0 bridgehead atoms. The van der Waals surface area contributed by atoms with Crippen molar-refractivity contribution in [2.45, 2.75) is 11.8 Å². The van der Waals surface area contributed by atoms with Gasteiger partial charge in [-0.2, -0.15) is 0 Å². The Morgan fingerprint density at radius 1 is 1.50 bits per heavy atom. The third kappa shape index (κ3) is 1.79. The highest BCUT2D eigenvalue weighted by Gasteiger charge is 2.17. The van der Waals surface area contributed by atoms with E-state index >= 15 is 0 Å². The van der Waals surface area contributed by atoms with Crippen molar-refractivity contribution < 1.29 is 8.42 Å². The van der Waals surface area contributed by atoms with Gasteiger partial charge in [-0.1, -0.05) is 6.92 Å². The number of nitrogens with two attached hydrogens (primary N) is 1. The molecule has 0 fully saturated rings. The molecule has 5 nitrogen and oxygen atoms in total. The molecular weight excluding hydrogens is 204 g/mol. The Labute approximate surface area is 82.1 Å². The van der Waals surface area contributed by atoms with Crippen LogP contribution in [0, 0.1) is 0 Å². The van der Waals surface area contributed by atoms with E-state index in [1.165, 1.54) is 26.2 Å². The van der Waals surface area contributed by atoms with E-state index < -0.39 is 15.4 Å². The number of anilines is 1. The fraction of sp³-hybridized carbons (Fsp3) is 0.375. The van der Waals surface area contributed by atoms with Gasteiger partial charge in [0.1, 0.15) is 4.90 Å². The van der Waals surface area contributed by atoms with Crippen molar-refractivity contribution in [3.63, 3.8) is 0 Å².